The molecule has 0 bridgehead atoms. The molecule has 1 saturated heterocycles. The summed E-state index contributed by atoms with van der Waals surface area (Å²) in [4.78, 5) is 27.7. The van der Waals surface area contributed by atoms with Crippen LogP contribution in [0.1, 0.15) is 24.6 Å². The van der Waals surface area contributed by atoms with Gasteiger partial charge in [0.2, 0.25) is 15.9 Å². The number of thiazole rings is 1. The van der Waals surface area contributed by atoms with Gasteiger partial charge in [0.1, 0.15) is 6.54 Å². The lowest BCUT2D eigenvalue weighted by atomic mass is 9.99. The van der Waals surface area contributed by atoms with E-state index in [1.165, 1.54) is 28.0 Å². The van der Waals surface area contributed by atoms with E-state index >= 15 is 0 Å². The molecule has 4 rings (SSSR count). The van der Waals surface area contributed by atoms with E-state index in [1.807, 2.05) is 22.4 Å². The van der Waals surface area contributed by atoms with Crippen molar-refractivity contribution in [2.24, 2.45) is 5.92 Å². The van der Waals surface area contributed by atoms with Crippen molar-refractivity contribution >= 4 is 48.8 Å². The first-order valence-corrected chi connectivity index (χ1v) is 12.9. The molecule has 3 heterocycles. The highest BCUT2D eigenvalue weighted by Crippen LogP contribution is 2.23. The van der Waals surface area contributed by atoms with Crippen LogP contribution in [0.4, 0.5) is 0 Å². The average Bonchev–Trinajstić information content (AvgIpc) is 3.34. The molecule has 7 nitrogen and oxygen atoms in total. The van der Waals surface area contributed by atoms with Crippen molar-refractivity contribution in [3.8, 4) is 0 Å². The van der Waals surface area contributed by atoms with Crippen LogP contribution in [0.5, 0.6) is 0 Å². The van der Waals surface area contributed by atoms with Gasteiger partial charge in [-0.15, -0.1) is 11.3 Å². The number of hydrogen-bond donors (Lipinski definition) is 1. The minimum absolute atomic E-state index is 0.0179. The Labute approximate surface area is 183 Å². The number of sulfonamides is 1. The third kappa shape index (κ3) is 4.51. The van der Waals surface area contributed by atoms with Crippen LogP contribution < -0.4 is 9.60 Å². The summed E-state index contributed by atoms with van der Waals surface area (Å²) in [5.41, 5.74) is 0.584. The monoisotopic (exact) mass is 465 g/mol. The molecule has 1 N–H and O–H groups in total. The number of piperidine rings is 1. The van der Waals surface area contributed by atoms with Crippen LogP contribution in [0.3, 0.4) is 0 Å². The molecule has 0 aliphatic carbocycles. The molecular formula is C20H23N3O4S3. The lowest BCUT2D eigenvalue weighted by molar-refractivity contribution is -0.133. The number of amides is 1. The van der Waals surface area contributed by atoms with Crippen LogP contribution in [-0.4, -0.2) is 36.9 Å². The van der Waals surface area contributed by atoms with E-state index in [2.05, 4.69) is 11.6 Å². The van der Waals surface area contributed by atoms with Gasteiger partial charge in [-0.3, -0.25) is 14.2 Å². The molecule has 10 heteroatoms. The van der Waals surface area contributed by atoms with Gasteiger partial charge in [0, 0.05) is 24.5 Å². The minimum atomic E-state index is -3.70. The molecule has 0 unspecified atom stereocenters. The van der Waals surface area contributed by atoms with Crippen molar-refractivity contribution < 1.29 is 13.2 Å². The maximum Gasteiger partial charge on any atom is 0.308 e. The smallest absolute Gasteiger partial charge is 0.308 e. The fraction of sp³-hybridized carbons (Fsp3) is 0.400. The highest BCUT2D eigenvalue weighted by atomic mass is 32.2. The first-order valence-electron chi connectivity index (χ1n) is 9.77. The molecule has 1 amide bonds. The summed E-state index contributed by atoms with van der Waals surface area (Å²) in [6.07, 6.45) is 1.95. The van der Waals surface area contributed by atoms with Crippen LogP contribution in [0, 0.1) is 5.92 Å². The molecule has 0 atom stereocenters. The number of nitrogens with zero attached hydrogens (tertiary/aromatic N) is 2. The van der Waals surface area contributed by atoms with Crippen LogP contribution in [0.15, 0.2) is 45.4 Å². The zero-order chi connectivity index (χ0) is 21.3. The lowest BCUT2D eigenvalue weighted by Gasteiger charge is -2.30. The maximum atomic E-state index is 12.7. The van der Waals surface area contributed by atoms with E-state index in [-0.39, 0.29) is 28.8 Å². The Morgan fingerprint density at radius 3 is 2.70 bits per heavy atom. The SMILES string of the molecule is CC1CCN(C(=O)Cn2c(=O)sc3cc(S(=O)(=O)NCc4cccs4)ccc32)CC1. The number of likely N-dealkylation sites (tertiary alicyclic amines) is 1. The van der Waals surface area contributed by atoms with Gasteiger partial charge in [0.15, 0.2) is 0 Å². The first-order chi connectivity index (χ1) is 14.3. The van der Waals surface area contributed by atoms with Crippen LogP contribution in [0.2, 0.25) is 0 Å². The molecule has 0 radical (unpaired) electrons. The predicted octanol–water partition coefficient (Wildman–Crippen LogP) is 2.86. The van der Waals surface area contributed by atoms with Crippen molar-refractivity contribution in [3.05, 3.63) is 50.3 Å². The van der Waals surface area contributed by atoms with E-state index in [1.54, 1.807) is 6.07 Å². The number of benzene rings is 1. The number of rotatable bonds is 6. The zero-order valence-corrected chi connectivity index (χ0v) is 19.0. The second kappa shape index (κ2) is 8.62. The van der Waals surface area contributed by atoms with E-state index in [0.29, 0.717) is 16.1 Å². The molecule has 0 saturated carbocycles. The molecule has 0 spiro atoms. The number of hydrogen-bond acceptors (Lipinski definition) is 6. The molecule has 1 fully saturated rings. The third-order valence-corrected chi connectivity index (χ3v) is 8.61. The Kier molecular flexibility index (Phi) is 6.10. The lowest BCUT2D eigenvalue weighted by Crippen LogP contribution is -2.40. The second-order valence-electron chi connectivity index (χ2n) is 7.55. The number of carbonyl (C=O) groups excluding carboxylic acids is 1. The number of carbonyl (C=O) groups is 1. The van der Waals surface area contributed by atoms with Crippen LogP contribution in [0.25, 0.3) is 10.2 Å². The van der Waals surface area contributed by atoms with Gasteiger partial charge in [-0.1, -0.05) is 24.3 Å². The summed E-state index contributed by atoms with van der Waals surface area (Å²) >= 11 is 2.44. The maximum absolute atomic E-state index is 12.7. The van der Waals surface area contributed by atoms with E-state index in [0.717, 1.165) is 42.1 Å². The van der Waals surface area contributed by atoms with Crippen molar-refractivity contribution in [2.45, 2.75) is 37.8 Å². The molecule has 160 valence electrons. The molecule has 1 aliphatic rings. The predicted molar refractivity (Wildman–Crippen MR) is 119 cm³/mol. The normalized spacial score (nSPS) is 15.7. The summed E-state index contributed by atoms with van der Waals surface area (Å²) in [6, 6.07) is 8.32. The molecule has 1 aromatic carbocycles. The van der Waals surface area contributed by atoms with Crippen molar-refractivity contribution in [1.82, 2.24) is 14.2 Å². The van der Waals surface area contributed by atoms with Crippen molar-refractivity contribution in [2.75, 3.05) is 13.1 Å². The molecule has 2 aromatic heterocycles. The number of thiophene rings is 1. The Morgan fingerprint density at radius 1 is 1.23 bits per heavy atom. The topological polar surface area (TPSA) is 88.5 Å². The Morgan fingerprint density at radius 2 is 2.00 bits per heavy atom. The average molecular weight is 466 g/mol. The second-order valence-corrected chi connectivity index (χ2v) is 11.3. The summed E-state index contributed by atoms with van der Waals surface area (Å²) in [7, 11) is -3.70. The Balaban J connectivity index is 1.53. The van der Waals surface area contributed by atoms with Gasteiger partial charge in [0.05, 0.1) is 15.1 Å². The summed E-state index contributed by atoms with van der Waals surface area (Å²) in [5, 5.41) is 1.89. The Bertz CT molecular complexity index is 1200. The summed E-state index contributed by atoms with van der Waals surface area (Å²) in [6.45, 7) is 3.82. The number of fused-ring (bicyclic) bond motifs is 1. The first kappa shape index (κ1) is 21.2. The van der Waals surface area contributed by atoms with Crippen LogP contribution >= 0.6 is 22.7 Å². The quantitative estimate of drug-likeness (QED) is 0.606. The Hall–Kier alpha value is -2.01. The molecule has 3 aromatic rings. The zero-order valence-electron chi connectivity index (χ0n) is 16.5. The van der Waals surface area contributed by atoms with Crippen LogP contribution in [-0.2, 0) is 27.9 Å². The van der Waals surface area contributed by atoms with E-state index in [9.17, 15) is 18.0 Å². The molecular weight excluding hydrogens is 442 g/mol. The summed E-state index contributed by atoms with van der Waals surface area (Å²) in [5.74, 6) is 0.547. The minimum Gasteiger partial charge on any atom is -0.341 e. The number of aromatic nitrogens is 1. The fourth-order valence-corrected chi connectivity index (χ4v) is 6.29. The third-order valence-electron chi connectivity index (χ3n) is 5.40. The van der Waals surface area contributed by atoms with E-state index in [4.69, 9.17) is 0 Å². The van der Waals surface area contributed by atoms with E-state index < -0.39 is 10.0 Å². The van der Waals surface area contributed by atoms with Gasteiger partial charge in [-0.2, -0.15) is 0 Å². The van der Waals surface area contributed by atoms with Gasteiger partial charge < -0.3 is 4.90 Å². The molecule has 1 aliphatic heterocycles. The van der Waals surface area contributed by atoms with Gasteiger partial charge in [-0.05, 0) is 48.4 Å². The number of nitrogens with one attached hydrogen (secondary N) is 1. The summed E-state index contributed by atoms with van der Waals surface area (Å²) < 4.78 is 29.8. The van der Waals surface area contributed by atoms with Gasteiger partial charge in [0.25, 0.3) is 0 Å². The highest BCUT2D eigenvalue weighted by molar-refractivity contribution is 7.89. The molecule has 30 heavy (non-hydrogen) atoms. The fourth-order valence-electron chi connectivity index (χ4n) is 3.52. The largest absolute Gasteiger partial charge is 0.341 e. The van der Waals surface area contributed by atoms with Gasteiger partial charge in [-0.25, -0.2) is 13.1 Å². The van der Waals surface area contributed by atoms with Gasteiger partial charge >= 0.3 is 4.87 Å². The van der Waals surface area contributed by atoms with Crippen molar-refractivity contribution in [1.29, 1.82) is 0 Å². The van der Waals surface area contributed by atoms with Crippen molar-refractivity contribution in [3.63, 3.8) is 0 Å². The highest BCUT2D eigenvalue weighted by Gasteiger charge is 2.22. The standard InChI is InChI=1S/C20H23N3O4S3/c1-14-6-8-22(9-7-14)19(24)13-23-17-5-4-16(11-18(17)29-20(23)25)30(26,27)21-12-15-3-2-10-28-15/h2-5,10-11,14,21H,6-9,12-13H2,1H3.